The highest BCUT2D eigenvalue weighted by molar-refractivity contribution is 6.33. The van der Waals surface area contributed by atoms with Gasteiger partial charge in [0.2, 0.25) is 17.8 Å². The second-order valence-corrected chi connectivity index (χ2v) is 11.0. The summed E-state index contributed by atoms with van der Waals surface area (Å²) in [4.78, 5) is 49.8. The maximum atomic E-state index is 13.2. The SMILES string of the molecule is CC(=O)N1CCC[C@H](CCNC(=O)CN2Cc3ccc(-c4nc(NC5CCOCC5)ncc4Cl)cc3C2=O)C1. The molecule has 3 aliphatic heterocycles. The third kappa shape index (κ3) is 6.67. The van der Waals surface area contributed by atoms with E-state index in [1.54, 1.807) is 24.1 Å². The van der Waals surface area contributed by atoms with Crippen LogP contribution in [0.1, 0.15) is 54.9 Å². The number of amides is 3. The fourth-order valence-corrected chi connectivity index (χ4v) is 5.73. The Hall–Kier alpha value is -3.24. The average Bonchev–Trinajstić information content (AvgIpc) is 3.24. The van der Waals surface area contributed by atoms with Gasteiger partial charge in [-0.05, 0) is 49.7 Å². The lowest BCUT2D eigenvalue weighted by molar-refractivity contribution is -0.130. The van der Waals surface area contributed by atoms with Gasteiger partial charge in [0.15, 0.2) is 0 Å². The quantitative estimate of drug-likeness (QED) is 0.515. The summed E-state index contributed by atoms with van der Waals surface area (Å²) in [5, 5.41) is 6.70. The maximum Gasteiger partial charge on any atom is 0.254 e. The average molecular weight is 555 g/mol. The molecule has 1 aromatic heterocycles. The number of benzene rings is 1. The molecule has 2 fully saturated rings. The second kappa shape index (κ2) is 12.3. The van der Waals surface area contributed by atoms with Gasteiger partial charge >= 0.3 is 0 Å². The first-order chi connectivity index (χ1) is 18.9. The Balaban J connectivity index is 1.17. The number of nitrogens with zero attached hydrogens (tertiary/aromatic N) is 4. The molecule has 1 aromatic carbocycles. The summed E-state index contributed by atoms with van der Waals surface area (Å²) < 4.78 is 5.42. The van der Waals surface area contributed by atoms with Gasteiger partial charge in [0.05, 0.1) is 16.9 Å². The Bertz CT molecular complexity index is 1230. The third-order valence-electron chi connectivity index (χ3n) is 7.73. The van der Waals surface area contributed by atoms with Crippen molar-refractivity contribution in [1.29, 1.82) is 0 Å². The summed E-state index contributed by atoms with van der Waals surface area (Å²) in [7, 11) is 0. The number of aromatic nitrogens is 2. The molecule has 39 heavy (non-hydrogen) atoms. The molecule has 4 heterocycles. The van der Waals surface area contributed by atoms with Crippen molar-refractivity contribution in [2.45, 2.75) is 51.6 Å². The monoisotopic (exact) mass is 554 g/mol. The predicted octanol–water partition coefficient (Wildman–Crippen LogP) is 3.11. The molecule has 11 heteroatoms. The van der Waals surface area contributed by atoms with Crippen molar-refractivity contribution in [3.63, 3.8) is 0 Å². The number of piperidine rings is 1. The predicted molar refractivity (Wildman–Crippen MR) is 147 cm³/mol. The Morgan fingerprint density at radius 1 is 1.21 bits per heavy atom. The van der Waals surface area contributed by atoms with Crippen LogP contribution < -0.4 is 10.6 Å². The summed E-state index contributed by atoms with van der Waals surface area (Å²) in [6.45, 7) is 5.49. The minimum absolute atomic E-state index is 0.000514. The zero-order valence-corrected chi connectivity index (χ0v) is 23.0. The molecule has 0 saturated carbocycles. The summed E-state index contributed by atoms with van der Waals surface area (Å²) in [5.41, 5.74) is 2.70. The molecule has 0 unspecified atom stereocenters. The Kier molecular flexibility index (Phi) is 8.62. The van der Waals surface area contributed by atoms with E-state index in [4.69, 9.17) is 16.3 Å². The normalized spacial score (nSPS) is 19.6. The lowest BCUT2D eigenvalue weighted by Crippen LogP contribution is -2.41. The number of hydrogen-bond acceptors (Lipinski definition) is 7. The Morgan fingerprint density at radius 2 is 2.03 bits per heavy atom. The number of anilines is 1. The first-order valence-corrected chi connectivity index (χ1v) is 14.1. The molecule has 10 nitrogen and oxygen atoms in total. The van der Waals surface area contributed by atoms with Crippen molar-refractivity contribution in [3.8, 4) is 11.3 Å². The van der Waals surface area contributed by atoms with Gasteiger partial charge in [0.25, 0.3) is 5.91 Å². The third-order valence-corrected chi connectivity index (χ3v) is 8.01. The van der Waals surface area contributed by atoms with E-state index >= 15 is 0 Å². The van der Waals surface area contributed by atoms with Gasteiger partial charge in [0.1, 0.15) is 6.54 Å². The number of ether oxygens (including phenoxy) is 1. The van der Waals surface area contributed by atoms with Gasteiger partial charge in [-0.3, -0.25) is 14.4 Å². The van der Waals surface area contributed by atoms with Crippen LogP contribution in [0, 0.1) is 5.92 Å². The van der Waals surface area contributed by atoms with Crippen LogP contribution in [0.15, 0.2) is 24.4 Å². The van der Waals surface area contributed by atoms with Crippen LogP contribution in [0.5, 0.6) is 0 Å². The highest BCUT2D eigenvalue weighted by atomic mass is 35.5. The number of rotatable bonds is 8. The molecule has 0 bridgehead atoms. The van der Waals surface area contributed by atoms with Crippen LogP contribution in [0.4, 0.5) is 5.95 Å². The molecular formula is C28H35ClN6O4. The molecule has 3 amide bonds. The molecule has 3 aliphatic rings. The van der Waals surface area contributed by atoms with Crippen molar-refractivity contribution < 1.29 is 19.1 Å². The number of halogens is 1. The van der Waals surface area contributed by atoms with Crippen LogP contribution in [-0.4, -0.2) is 82.9 Å². The number of hydrogen-bond donors (Lipinski definition) is 2. The summed E-state index contributed by atoms with van der Waals surface area (Å²) in [6.07, 6.45) is 6.22. The molecule has 2 aromatic rings. The van der Waals surface area contributed by atoms with E-state index < -0.39 is 0 Å². The first-order valence-electron chi connectivity index (χ1n) is 13.7. The molecule has 0 aliphatic carbocycles. The minimum atomic E-state index is -0.183. The number of carbonyl (C=O) groups excluding carboxylic acids is 3. The van der Waals surface area contributed by atoms with Gasteiger partial charge in [-0.1, -0.05) is 23.7 Å². The van der Waals surface area contributed by atoms with Gasteiger partial charge < -0.3 is 25.2 Å². The number of carbonyl (C=O) groups is 3. The van der Waals surface area contributed by atoms with E-state index in [1.165, 1.54) is 0 Å². The molecule has 1 atom stereocenters. The van der Waals surface area contributed by atoms with Crippen molar-refractivity contribution in [2.75, 3.05) is 44.7 Å². The number of fused-ring (bicyclic) bond motifs is 1. The van der Waals surface area contributed by atoms with Crippen molar-refractivity contribution >= 4 is 35.3 Å². The van der Waals surface area contributed by atoms with Crippen LogP contribution in [0.3, 0.4) is 0 Å². The van der Waals surface area contributed by atoms with Crippen molar-refractivity contribution in [3.05, 3.63) is 40.5 Å². The lowest BCUT2D eigenvalue weighted by atomic mass is 9.95. The van der Waals surface area contributed by atoms with Gasteiger partial charge in [-0.2, -0.15) is 0 Å². The van der Waals surface area contributed by atoms with E-state index in [9.17, 15) is 14.4 Å². The number of nitrogens with one attached hydrogen (secondary N) is 2. The van der Waals surface area contributed by atoms with E-state index in [2.05, 4.69) is 20.6 Å². The van der Waals surface area contributed by atoms with Crippen molar-refractivity contribution in [1.82, 2.24) is 25.1 Å². The summed E-state index contributed by atoms with van der Waals surface area (Å²) >= 11 is 6.45. The highest BCUT2D eigenvalue weighted by Gasteiger charge is 2.30. The minimum Gasteiger partial charge on any atom is -0.381 e. The zero-order valence-electron chi connectivity index (χ0n) is 22.2. The largest absolute Gasteiger partial charge is 0.381 e. The maximum absolute atomic E-state index is 13.2. The zero-order chi connectivity index (χ0) is 27.4. The van der Waals surface area contributed by atoms with Crippen LogP contribution >= 0.6 is 11.6 Å². The molecule has 5 rings (SSSR count). The molecule has 0 radical (unpaired) electrons. The van der Waals surface area contributed by atoms with Crippen molar-refractivity contribution in [2.24, 2.45) is 5.92 Å². The summed E-state index contributed by atoms with van der Waals surface area (Å²) in [6, 6.07) is 5.84. The fourth-order valence-electron chi connectivity index (χ4n) is 5.53. The smallest absolute Gasteiger partial charge is 0.254 e. The second-order valence-electron chi connectivity index (χ2n) is 10.6. The van der Waals surface area contributed by atoms with Gasteiger partial charge in [0, 0.05) is 63.5 Å². The molecule has 208 valence electrons. The Morgan fingerprint density at radius 3 is 2.82 bits per heavy atom. The van der Waals surface area contributed by atoms with Crippen LogP contribution in [-0.2, 0) is 20.9 Å². The number of likely N-dealkylation sites (tertiary alicyclic amines) is 1. The first kappa shape index (κ1) is 27.3. The van der Waals surface area contributed by atoms with E-state index in [0.717, 1.165) is 56.3 Å². The molecule has 2 N–H and O–H groups in total. The lowest BCUT2D eigenvalue weighted by Gasteiger charge is -2.32. The topological polar surface area (TPSA) is 117 Å². The standard InChI is InChI=1S/C28H35ClN6O4/c1-18(36)34-10-2-3-19(15-34)6-9-30-25(37)17-35-16-21-5-4-20(13-23(21)27(35)38)26-24(29)14-31-28(33-26)32-22-7-11-39-12-8-22/h4-5,13-14,19,22H,2-3,6-12,15-17H2,1H3,(H,30,37)(H,31,32,33)/t19-/m1/s1. The van der Waals surface area contributed by atoms with Gasteiger partial charge in [-0.15, -0.1) is 0 Å². The molecule has 0 spiro atoms. The Labute approximate surface area is 233 Å². The molecular weight excluding hydrogens is 520 g/mol. The highest BCUT2D eigenvalue weighted by Crippen LogP contribution is 2.31. The van der Waals surface area contributed by atoms with Gasteiger partial charge in [-0.25, -0.2) is 9.97 Å². The van der Waals surface area contributed by atoms with Crippen LogP contribution in [0.25, 0.3) is 11.3 Å². The van der Waals surface area contributed by atoms with E-state index in [-0.39, 0.29) is 30.3 Å². The fraction of sp³-hybridized carbons (Fsp3) is 0.536. The van der Waals surface area contributed by atoms with E-state index in [1.807, 2.05) is 17.0 Å². The molecule has 2 saturated heterocycles. The van der Waals surface area contributed by atoms with E-state index in [0.29, 0.717) is 54.4 Å². The summed E-state index contributed by atoms with van der Waals surface area (Å²) in [5.74, 6) is 0.622. The van der Waals surface area contributed by atoms with Crippen LogP contribution in [0.2, 0.25) is 5.02 Å².